The summed E-state index contributed by atoms with van der Waals surface area (Å²) in [5.74, 6) is 0.292. The highest BCUT2D eigenvalue weighted by molar-refractivity contribution is 5.88. The van der Waals surface area contributed by atoms with Crippen molar-refractivity contribution in [2.75, 3.05) is 5.73 Å². The van der Waals surface area contributed by atoms with E-state index in [-0.39, 0.29) is 11.3 Å². The smallest absolute Gasteiger partial charge is 0.134 e. The van der Waals surface area contributed by atoms with Crippen LogP contribution in [0.3, 0.4) is 0 Å². The Labute approximate surface area is 152 Å². The summed E-state index contributed by atoms with van der Waals surface area (Å²) in [4.78, 5) is 0. The van der Waals surface area contributed by atoms with Gasteiger partial charge in [0.25, 0.3) is 0 Å². The van der Waals surface area contributed by atoms with Crippen LogP contribution in [0.25, 0.3) is 11.1 Å². The second kappa shape index (κ2) is 7.83. The molecule has 3 rings (SSSR count). The van der Waals surface area contributed by atoms with Crippen LogP contribution in [0.15, 0.2) is 60.7 Å². The number of anilines is 1. The zero-order valence-electron chi connectivity index (χ0n) is 14.6. The van der Waals surface area contributed by atoms with E-state index in [2.05, 4.69) is 0 Å². The Kier molecular flexibility index (Phi) is 5.32. The highest BCUT2D eigenvalue weighted by Crippen LogP contribution is 2.31. The summed E-state index contributed by atoms with van der Waals surface area (Å²) in [6.45, 7) is 2.55. The number of rotatable bonds is 6. The first-order valence-electron chi connectivity index (χ1n) is 8.52. The molecule has 0 bridgehead atoms. The molecule has 0 aromatic heterocycles. The molecule has 0 aliphatic rings. The predicted octanol–water partition coefficient (Wildman–Crippen LogP) is 5.21. The third kappa shape index (κ3) is 3.75. The van der Waals surface area contributed by atoms with Gasteiger partial charge in [-0.15, -0.1) is 0 Å². The Morgan fingerprint density at radius 1 is 1.08 bits per heavy atom. The van der Waals surface area contributed by atoms with Crippen LogP contribution < -0.4 is 10.5 Å². The number of nitrogens with one attached hydrogen (secondary N) is 1. The van der Waals surface area contributed by atoms with E-state index < -0.39 is 5.82 Å². The predicted molar refractivity (Wildman–Crippen MR) is 104 cm³/mol. The number of aryl methyl sites for hydroxylation is 1. The van der Waals surface area contributed by atoms with Gasteiger partial charge in [-0.25, -0.2) is 4.39 Å². The molecule has 0 saturated carbocycles. The van der Waals surface area contributed by atoms with E-state index in [4.69, 9.17) is 15.9 Å². The van der Waals surface area contributed by atoms with Gasteiger partial charge in [0.2, 0.25) is 0 Å². The molecular formula is C22H21FN2O. The van der Waals surface area contributed by atoms with Crippen molar-refractivity contribution in [3.05, 3.63) is 83.2 Å². The van der Waals surface area contributed by atoms with Crippen LogP contribution >= 0.6 is 0 Å². The SMILES string of the molecule is CCc1cc(OCc2ccccc2)ccc1-c1cc(N)c(C=N)c(F)c1. The fourth-order valence-electron chi connectivity index (χ4n) is 2.92. The zero-order chi connectivity index (χ0) is 18.5. The van der Waals surface area contributed by atoms with E-state index >= 15 is 0 Å². The van der Waals surface area contributed by atoms with Gasteiger partial charge in [0.05, 0.1) is 5.56 Å². The molecule has 0 radical (unpaired) electrons. The van der Waals surface area contributed by atoms with Gasteiger partial charge < -0.3 is 15.9 Å². The topological polar surface area (TPSA) is 59.1 Å². The standard InChI is InChI=1S/C22H21FN2O/c1-2-16-10-18(26-14-15-6-4-3-5-7-15)8-9-19(16)17-11-21(23)20(13-24)22(25)12-17/h3-13,24H,2,14,25H2,1H3. The van der Waals surface area contributed by atoms with Crippen LogP contribution in [-0.2, 0) is 13.0 Å². The van der Waals surface area contributed by atoms with E-state index in [9.17, 15) is 4.39 Å². The van der Waals surface area contributed by atoms with E-state index in [0.29, 0.717) is 12.2 Å². The lowest BCUT2D eigenvalue weighted by atomic mass is 9.96. The summed E-state index contributed by atoms with van der Waals surface area (Å²) in [6, 6.07) is 18.9. The molecule has 26 heavy (non-hydrogen) atoms. The molecule has 0 unspecified atom stereocenters. The minimum Gasteiger partial charge on any atom is -0.489 e. The fourth-order valence-corrected chi connectivity index (χ4v) is 2.92. The summed E-state index contributed by atoms with van der Waals surface area (Å²) >= 11 is 0. The van der Waals surface area contributed by atoms with Gasteiger partial charge in [0.15, 0.2) is 0 Å². The number of hydrogen-bond acceptors (Lipinski definition) is 3. The lowest BCUT2D eigenvalue weighted by molar-refractivity contribution is 0.306. The van der Waals surface area contributed by atoms with Gasteiger partial charge in [0.1, 0.15) is 18.2 Å². The number of nitrogens with two attached hydrogens (primary N) is 1. The maximum Gasteiger partial charge on any atom is 0.134 e. The van der Waals surface area contributed by atoms with Crippen molar-refractivity contribution in [3.8, 4) is 16.9 Å². The highest BCUT2D eigenvalue weighted by Gasteiger charge is 2.11. The van der Waals surface area contributed by atoms with Crippen molar-refractivity contribution in [2.45, 2.75) is 20.0 Å². The molecular weight excluding hydrogens is 327 g/mol. The molecule has 0 heterocycles. The zero-order valence-corrected chi connectivity index (χ0v) is 14.6. The fraction of sp³-hybridized carbons (Fsp3) is 0.136. The molecule has 0 saturated heterocycles. The summed E-state index contributed by atoms with van der Waals surface area (Å²) in [6.07, 6.45) is 1.72. The lowest BCUT2D eigenvalue weighted by Gasteiger charge is -2.13. The Bertz CT molecular complexity index is 900. The minimum absolute atomic E-state index is 0.120. The van der Waals surface area contributed by atoms with Gasteiger partial charge in [-0.3, -0.25) is 0 Å². The molecule has 0 aliphatic heterocycles. The Balaban J connectivity index is 1.88. The summed E-state index contributed by atoms with van der Waals surface area (Å²) in [5.41, 5.74) is 10.1. The van der Waals surface area contributed by atoms with Crippen molar-refractivity contribution in [1.82, 2.24) is 0 Å². The van der Waals surface area contributed by atoms with E-state index in [0.717, 1.165) is 35.1 Å². The lowest BCUT2D eigenvalue weighted by Crippen LogP contribution is -2.00. The molecule has 3 N–H and O–H groups in total. The van der Waals surface area contributed by atoms with Gasteiger partial charge in [-0.05, 0) is 52.9 Å². The van der Waals surface area contributed by atoms with Gasteiger partial charge in [-0.1, -0.05) is 43.3 Å². The summed E-state index contributed by atoms with van der Waals surface area (Å²) < 4.78 is 20.0. The first-order chi connectivity index (χ1) is 12.6. The number of nitrogen functional groups attached to an aromatic ring is 1. The first kappa shape index (κ1) is 17.7. The summed E-state index contributed by atoms with van der Waals surface area (Å²) in [5, 5.41) is 7.26. The third-order valence-corrected chi connectivity index (χ3v) is 4.32. The van der Waals surface area contributed by atoms with Crippen molar-refractivity contribution < 1.29 is 9.13 Å². The molecule has 132 valence electrons. The molecule has 0 amide bonds. The van der Waals surface area contributed by atoms with Crippen molar-refractivity contribution in [2.24, 2.45) is 0 Å². The molecule has 0 aliphatic carbocycles. The molecule has 0 fully saturated rings. The first-order valence-corrected chi connectivity index (χ1v) is 8.52. The van der Waals surface area contributed by atoms with Gasteiger partial charge in [0, 0.05) is 11.9 Å². The Morgan fingerprint density at radius 3 is 2.50 bits per heavy atom. The van der Waals surface area contributed by atoms with Crippen molar-refractivity contribution in [3.63, 3.8) is 0 Å². The number of ether oxygens (including phenoxy) is 1. The monoisotopic (exact) mass is 348 g/mol. The average molecular weight is 348 g/mol. The second-order valence-corrected chi connectivity index (χ2v) is 6.05. The Hall–Kier alpha value is -3.14. The molecule has 3 aromatic carbocycles. The molecule has 4 heteroatoms. The van der Waals surface area contributed by atoms with E-state index in [1.165, 1.54) is 6.07 Å². The number of halogens is 1. The summed E-state index contributed by atoms with van der Waals surface area (Å²) in [7, 11) is 0. The number of hydrogen-bond donors (Lipinski definition) is 2. The maximum absolute atomic E-state index is 14.2. The Morgan fingerprint density at radius 2 is 1.85 bits per heavy atom. The number of benzene rings is 3. The van der Waals surface area contributed by atoms with E-state index in [1.807, 2.05) is 55.5 Å². The molecule has 3 nitrogen and oxygen atoms in total. The van der Waals surface area contributed by atoms with Crippen LogP contribution in [0.1, 0.15) is 23.6 Å². The average Bonchev–Trinajstić information content (AvgIpc) is 2.66. The van der Waals surface area contributed by atoms with Gasteiger partial charge in [-0.2, -0.15) is 0 Å². The molecule has 0 spiro atoms. The van der Waals surface area contributed by atoms with Crippen LogP contribution in [0.4, 0.5) is 10.1 Å². The van der Waals surface area contributed by atoms with Crippen molar-refractivity contribution in [1.29, 1.82) is 5.41 Å². The minimum atomic E-state index is -0.485. The van der Waals surface area contributed by atoms with Crippen LogP contribution in [0.2, 0.25) is 0 Å². The molecule has 0 atom stereocenters. The van der Waals surface area contributed by atoms with Gasteiger partial charge >= 0.3 is 0 Å². The van der Waals surface area contributed by atoms with Crippen LogP contribution in [0, 0.1) is 11.2 Å². The second-order valence-electron chi connectivity index (χ2n) is 6.05. The van der Waals surface area contributed by atoms with Crippen LogP contribution in [0.5, 0.6) is 5.75 Å². The molecule has 3 aromatic rings. The van der Waals surface area contributed by atoms with Crippen LogP contribution in [-0.4, -0.2) is 6.21 Å². The highest BCUT2D eigenvalue weighted by atomic mass is 19.1. The maximum atomic E-state index is 14.2. The van der Waals surface area contributed by atoms with Crippen molar-refractivity contribution >= 4 is 11.9 Å². The normalized spacial score (nSPS) is 10.5. The third-order valence-electron chi connectivity index (χ3n) is 4.32. The quantitative estimate of drug-likeness (QED) is 0.474. The largest absolute Gasteiger partial charge is 0.489 e. The van der Waals surface area contributed by atoms with E-state index in [1.54, 1.807) is 6.07 Å².